The topological polar surface area (TPSA) is 61.4 Å². The molecule has 1 atom stereocenters. The van der Waals surface area contributed by atoms with E-state index < -0.39 is 11.7 Å². The Morgan fingerprint density at radius 1 is 1.06 bits per heavy atom. The van der Waals surface area contributed by atoms with Gasteiger partial charge in [-0.25, -0.2) is 4.79 Å². The van der Waals surface area contributed by atoms with E-state index in [1.165, 1.54) is 6.07 Å². The molecule has 1 heterocycles. The molecule has 0 bridgehead atoms. The maximum atomic E-state index is 12.8. The van der Waals surface area contributed by atoms with Crippen molar-refractivity contribution in [3.63, 3.8) is 0 Å². The summed E-state index contributed by atoms with van der Waals surface area (Å²) in [5.74, 6) is 0.0119. The standard InChI is InChI=1S/C23H26F3N3O2/c24-23(25,26)19-8-4-6-18(14-19)15-27-21(30)12-11-17-7-5-13-29(16-17)22(31)28-20-9-2-1-3-10-20/h1-4,6,8-10,14,17H,5,7,11-13,15-16H2,(H,27,30)(H,28,31). The number of hydrogen-bond donors (Lipinski definition) is 2. The highest BCUT2D eigenvalue weighted by Crippen LogP contribution is 2.29. The molecule has 0 radical (unpaired) electrons. The number of para-hydroxylation sites is 1. The van der Waals surface area contributed by atoms with E-state index in [4.69, 9.17) is 0 Å². The Labute approximate surface area is 179 Å². The number of urea groups is 1. The molecule has 0 spiro atoms. The molecule has 1 saturated heterocycles. The van der Waals surface area contributed by atoms with Crippen molar-refractivity contribution in [1.29, 1.82) is 0 Å². The highest BCUT2D eigenvalue weighted by atomic mass is 19.4. The number of anilines is 1. The van der Waals surface area contributed by atoms with Gasteiger partial charge in [-0.1, -0.05) is 30.3 Å². The van der Waals surface area contributed by atoms with Crippen LogP contribution in [0.15, 0.2) is 54.6 Å². The van der Waals surface area contributed by atoms with Gasteiger partial charge in [-0.05, 0) is 55.0 Å². The van der Waals surface area contributed by atoms with Gasteiger partial charge in [0, 0.05) is 31.7 Å². The third-order valence-electron chi connectivity index (χ3n) is 5.35. The number of nitrogens with one attached hydrogen (secondary N) is 2. The third kappa shape index (κ3) is 7.01. The molecule has 2 N–H and O–H groups in total. The SMILES string of the molecule is O=C(CCC1CCCN(C(=O)Nc2ccccc2)C1)NCc1cccc(C(F)(F)F)c1. The lowest BCUT2D eigenvalue weighted by atomic mass is 9.93. The molecule has 1 unspecified atom stereocenters. The van der Waals surface area contributed by atoms with Crippen LogP contribution in [0, 0.1) is 5.92 Å². The van der Waals surface area contributed by atoms with Gasteiger partial charge in [-0.15, -0.1) is 0 Å². The molecule has 2 aromatic carbocycles. The minimum absolute atomic E-state index is 0.0546. The molecule has 5 nitrogen and oxygen atoms in total. The second-order valence-corrected chi connectivity index (χ2v) is 7.76. The lowest BCUT2D eigenvalue weighted by Gasteiger charge is -2.32. The van der Waals surface area contributed by atoms with Crippen LogP contribution >= 0.6 is 0 Å². The number of piperidine rings is 1. The minimum Gasteiger partial charge on any atom is -0.352 e. The summed E-state index contributed by atoms with van der Waals surface area (Å²) < 4.78 is 38.4. The molecule has 3 amide bonds. The number of amides is 3. The molecule has 3 rings (SSSR count). The van der Waals surface area contributed by atoms with Crippen molar-refractivity contribution in [2.45, 2.75) is 38.4 Å². The number of carbonyl (C=O) groups excluding carboxylic acids is 2. The van der Waals surface area contributed by atoms with Crippen molar-refractivity contribution in [3.05, 3.63) is 65.7 Å². The number of halogens is 3. The van der Waals surface area contributed by atoms with E-state index in [1.54, 1.807) is 11.0 Å². The predicted octanol–water partition coefficient (Wildman–Crippen LogP) is 5.05. The molecule has 166 valence electrons. The fraction of sp³-hybridized carbons (Fsp3) is 0.391. The molecule has 0 aliphatic carbocycles. The van der Waals surface area contributed by atoms with Crippen molar-refractivity contribution < 1.29 is 22.8 Å². The van der Waals surface area contributed by atoms with E-state index in [2.05, 4.69) is 10.6 Å². The smallest absolute Gasteiger partial charge is 0.352 e. The quantitative estimate of drug-likeness (QED) is 0.670. The molecule has 31 heavy (non-hydrogen) atoms. The van der Waals surface area contributed by atoms with E-state index >= 15 is 0 Å². The van der Waals surface area contributed by atoms with Crippen LogP contribution in [-0.2, 0) is 17.5 Å². The van der Waals surface area contributed by atoms with Gasteiger partial charge in [0.25, 0.3) is 0 Å². The van der Waals surface area contributed by atoms with Gasteiger partial charge in [0.2, 0.25) is 5.91 Å². The van der Waals surface area contributed by atoms with Crippen LogP contribution in [0.1, 0.15) is 36.8 Å². The summed E-state index contributed by atoms with van der Waals surface area (Å²) in [7, 11) is 0. The maximum absolute atomic E-state index is 12.8. The second-order valence-electron chi connectivity index (χ2n) is 7.76. The van der Waals surface area contributed by atoms with Crippen LogP contribution in [0.4, 0.5) is 23.7 Å². The first-order valence-corrected chi connectivity index (χ1v) is 10.3. The normalized spacial score (nSPS) is 16.6. The van der Waals surface area contributed by atoms with Gasteiger partial charge < -0.3 is 15.5 Å². The lowest BCUT2D eigenvalue weighted by molar-refractivity contribution is -0.137. The molecule has 1 fully saturated rings. The fourth-order valence-corrected chi connectivity index (χ4v) is 3.69. The van der Waals surface area contributed by atoms with Crippen molar-refractivity contribution in [2.24, 2.45) is 5.92 Å². The highest BCUT2D eigenvalue weighted by Gasteiger charge is 2.30. The first-order chi connectivity index (χ1) is 14.8. The highest BCUT2D eigenvalue weighted by molar-refractivity contribution is 5.89. The third-order valence-corrected chi connectivity index (χ3v) is 5.35. The fourth-order valence-electron chi connectivity index (χ4n) is 3.69. The van der Waals surface area contributed by atoms with Gasteiger partial charge in [-0.2, -0.15) is 13.2 Å². The van der Waals surface area contributed by atoms with Crippen LogP contribution in [-0.4, -0.2) is 29.9 Å². The molecule has 2 aromatic rings. The Balaban J connectivity index is 1.42. The average Bonchev–Trinajstić information content (AvgIpc) is 2.77. The summed E-state index contributed by atoms with van der Waals surface area (Å²) in [6.45, 7) is 1.31. The van der Waals surface area contributed by atoms with Gasteiger partial charge in [0.15, 0.2) is 0 Å². The molecular weight excluding hydrogens is 407 g/mol. The number of likely N-dealkylation sites (tertiary alicyclic amines) is 1. The first-order valence-electron chi connectivity index (χ1n) is 10.3. The number of rotatable bonds is 6. The summed E-state index contributed by atoms with van der Waals surface area (Å²) in [5.41, 5.74) is 0.420. The summed E-state index contributed by atoms with van der Waals surface area (Å²) in [5, 5.41) is 5.56. The van der Waals surface area contributed by atoms with Crippen molar-refractivity contribution in [2.75, 3.05) is 18.4 Å². The van der Waals surface area contributed by atoms with Crippen LogP contribution < -0.4 is 10.6 Å². The zero-order chi connectivity index (χ0) is 22.3. The first kappa shape index (κ1) is 22.7. The van der Waals surface area contributed by atoms with E-state index in [-0.39, 0.29) is 30.8 Å². The van der Waals surface area contributed by atoms with E-state index in [9.17, 15) is 22.8 Å². The number of benzene rings is 2. The Kier molecular flexibility index (Phi) is 7.55. The minimum atomic E-state index is -4.40. The Morgan fingerprint density at radius 3 is 2.58 bits per heavy atom. The number of alkyl halides is 3. The van der Waals surface area contributed by atoms with Crippen LogP contribution in [0.5, 0.6) is 0 Å². The zero-order valence-corrected chi connectivity index (χ0v) is 17.1. The lowest BCUT2D eigenvalue weighted by Crippen LogP contribution is -2.42. The monoisotopic (exact) mass is 433 g/mol. The Morgan fingerprint density at radius 2 is 1.84 bits per heavy atom. The van der Waals surface area contributed by atoms with E-state index in [0.29, 0.717) is 25.1 Å². The molecule has 8 heteroatoms. The van der Waals surface area contributed by atoms with Gasteiger partial charge >= 0.3 is 12.2 Å². The van der Waals surface area contributed by atoms with Crippen molar-refractivity contribution in [3.8, 4) is 0 Å². The number of carbonyl (C=O) groups is 2. The average molecular weight is 433 g/mol. The summed E-state index contributed by atoms with van der Waals surface area (Å²) in [6.07, 6.45) is -1.68. The summed E-state index contributed by atoms with van der Waals surface area (Å²) in [6, 6.07) is 14.0. The molecular formula is C23H26F3N3O2. The molecule has 0 aromatic heterocycles. The van der Waals surface area contributed by atoms with Crippen molar-refractivity contribution >= 4 is 17.6 Å². The zero-order valence-electron chi connectivity index (χ0n) is 17.1. The van der Waals surface area contributed by atoms with Gasteiger partial charge in [-0.3, -0.25) is 4.79 Å². The molecule has 1 aliphatic heterocycles. The maximum Gasteiger partial charge on any atom is 0.416 e. The van der Waals surface area contributed by atoms with Crippen LogP contribution in [0.3, 0.4) is 0 Å². The largest absolute Gasteiger partial charge is 0.416 e. The summed E-state index contributed by atoms with van der Waals surface area (Å²) in [4.78, 5) is 26.4. The second kappa shape index (κ2) is 10.3. The van der Waals surface area contributed by atoms with Crippen LogP contribution in [0.25, 0.3) is 0 Å². The number of hydrogen-bond acceptors (Lipinski definition) is 2. The van der Waals surface area contributed by atoms with Crippen molar-refractivity contribution in [1.82, 2.24) is 10.2 Å². The Bertz CT molecular complexity index is 887. The van der Waals surface area contributed by atoms with Gasteiger partial charge in [0.05, 0.1) is 5.56 Å². The van der Waals surface area contributed by atoms with E-state index in [0.717, 1.165) is 30.7 Å². The molecule has 0 saturated carbocycles. The number of nitrogens with zero attached hydrogens (tertiary/aromatic N) is 1. The molecule has 1 aliphatic rings. The summed E-state index contributed by atoms with van der Waals surface area (Å²) >= 11 is 0. The van der Waals surface area contributed by atoms with Crippen LogP contribution in [0.2, 0.25) is 0 Å². The predicted molar refractivity (Wildman–Crippen MR) is 112 cm³/mol. The Hall–Kier alpha value is -3.03. The van der Waals surface area contributed by atoms with E-state index in [1.807, 2.05) is 30.3 Å². The van der Waals surface area contributed by atoms with Gasteiger partial charge in [0.1, 0.15) is 0 Å².